The molecule has 23 heavy (non-hydrogen) atoms. The Morgan fingerprint density at radius 2 is 1.87 bits per heavy atom. The molecule has 0 amide bonds. The Morgan fingerprint density at radius 3 is 2.61 bits per heavy atom. The number of ether oxygens (including phenoxy) is 2. The predicted molar refractivity (Wildman–Crippen MR) is 84.1 cm³/mol. The third-order valence-electron chi connectivity index (χ3n) is 2.99. The molecule has 3 rings (SSSR count). The molecule has 0 bridgehead atoms. The first-order chi connectivity index (χ1) is 11.1. The molecular weight excluding hydrogens is 320 g/mol. The van der Waals surface area contributed by atoms with Gasteiger partial charge in [0.15, 0.2) is 17.3 Å². The number of sulfonamides is 1. The fraction of sp³-hybridized carbons (Fsp3) is 0.143. The van der Waals surface area contributed by atoms with E-state index in [1.165, 1.54) is 18.2 Å². The van der Waals surface area contributed by atoms with Gasteiger partial charge >= 0.3 is 0 Å². The molecule has 2 heterocycles. The van der Waals surface area contributed by atoms with E-state index in [0.717, 1.165) is 0 Å². The number of nitrogens with zero attached hydrogens (tertiary/aromatic N) is 2. The molecule has 2 aromatic rings. The van der Waals surface area contributed by atoms with Crippen molar-refractivity contribution in [1.82, 2.24) is 10.2 Å². The standard InChI is InChI=1S/C14H14N4O4S/c1-2-7-15-13-5-6-14(17-16-13)18-23(19,20)10-3-4-11-12(8-10)22-9-21-11/h2-6,8H,1,7,9H2,(H,15,16)(H,17,18). The number of hydrogen-bond donors (Lipinski definition) is 2. The van der Waals surface area contributed by atoms with Gasteiger partial charge in [0.25, 0.3) is 10.0 Å². The summed E-state index contributed by atoms with van der Waals surface area (Å²) in [5.41, 5.74) is 0. The maximum Gasteiger partial charge on any atom is 0.263 e. The smallest absolute Gasteiger partial charge is 0.263 e. The molecule has 0 atom stereocenters. The molecule has 120 valence electrons. The van der Waals surface area contributed by atoms with Crippen LogP contribution in [0.2, 0.25) is 0 Å². The van der Waals surface area contributed by atoms with E-state index in [1.54, 1.807) is 18.2 Å². The monoisotopic (exact) mass is 334 g/mol. The van der Waals surface area contributed by atoms with Gasteiger partial charge in [-0.1, -0.05) is 6.08 Å². The highest BCUT2D eigenvalue weighted by Crippen LogP contribution is 2.34. The van der Waals surface area contributed by atoms with Crippen molar-refractivity contribution >= 4 is 21.7 Å². The topological polar surface area (TPSA) is 102 Å². The summed E-state index contributed by atoms with van der Waals surface area (Å²) in [6, 6.07) is 7.52. The predicted octanol–water partition coefficient (Wildman–Crippen LogP) is 1.60. The van der Waals surface area contributed by atoms with Crippen molar-refractivity contribution in [1.29, 1.82) is 0 Å². The fourth-order valence-electron chi connectivity index (χ4n) is 1.90. The molecule has 9 heteroatoms. The highest BCUT2D eigenvalue weighted by atomic mass is 32.2. The normalized spacial score (nSPS) is 12.7. The Kier molecular flexibility index (Phi) is 4.02. The zero-order valence-electron chi connectivity index (χ0n) is 12.0. The second-order valence-corrected chi connectivity index (χ2v) is 6.28. The van der Waals surface area contributed by atoms with Gasteiger partial charge in [-0.05, 0) is 24.3 Å². The van der Waals surface area contributed by atoms with Crippen LogP contribution in [0.15, 0.2) is 47.9 Å². The molecule has 1 aromatic carbocycles. The SMILES string of the molecule is C=CCNc1ccc(NS(=O)(=O)c2ccc3c(c2)OCO3)nn1. The summed E-state index contributed by atoms with van der Waals surface area (Å²) in [4.78, 5) is 0.0532. The second-order valence-electron chi connectivity index (χ2n) is 4.59. The Balaban J connectivity index is 1.77. The van der Waals surface area contributed by atoms with Crippen molar-refractivity contribution in [2.24, 2.45) is 0 Å². The molecule has 1 aromatic heterocycles. The minimum absolute atomic E-state index is 0.0532. The van der Waals surface area contributed by atoms with Crippen LogP contribution in [0.3, 0.4) is 0 Å². The summed E-state index contributed by atoms with van der Waals surface area (Å²) in [6.45, 7) is 4.20. The number of benzene rings is 1. The summed E-state index contributed by atoms with van der Waals surface area (Å²) in [6.07, 6.45) is 1.68. The lowest BCUT2D eigenvalue weighted by Crippen LogP contribution is -2.14. The molecule has 1 aliphatic rings. The number of aromatic nitrogens is 2. The van der Waals surface area contributed by atoms with Crippen LogP contribution in [0.25, 0.3) is 0 Å². The molecule has 2 N–H and O–H groups in total. The Morgan fingerprint density at radius 1 is 1.13 bits per heavy atom. The molecular formula is C14H14N4O4S. The van der Waals surface area contributed by atoms with Gasteiger partial charge in [0.2, 0.25) is 6.79 Å². The minimum Gasteiger partial charge on any atom is -0.454 e. The zero-order chi connectivity index (χ0) is 16.3. The van der Waals surface area contributed by atoms with Crippen LogP contribution >= 0.6 is 0 Å². The van der Waals surface area contributed by atoms with E-state index >= 15 is 0 Å². The van der Waals surface area contributed by atoms with E-state index in [0.29, 0.717) is 23.9 Å². The third kappa shape index (κ3) is 3.34. The van der Waals surface area contributed by atoms with E-state index < -0.39 is 10.0 Å². The van der Waals surface area contributed by atoms with Crippen LogP contribution in [-0.2, 0) is 10.0 Å². The highest BCUT2D eigenvalue weighted by molar-refractivity contribution is 7.92. The molecule has 0 saturated heterocycles. The van der Waals surface area contributed by atoms with Crippen molar-refractivity contribution in [2.75, 3.05) is 23.4 Å². The van der Waals surface area contributed by atoms with Gasteiger partial charge in [-0.15, -0.1) is 16.8 Å². The van der Waals surface area contributed by atoms with Gasteiger partial charge < -0.3 is 14.8 Å². The van der Waals surface area contributed by atoms with Gasteiger partial charge in [0, 0.05) is 12.6 Å². The van der Waals surface area contributed by atoms with Gasteiger partial charge in [-0.2, -0.15) is 0 Å². The van der Waals surface area contributed by atoms with Crippen molar-refractivity contribution in [3.05, 3.63) is 43.0 Å². The zero-order valence-corrected chi connectivity index (χ0v) is 12.8. The van der Waals surface area contributed by atoms with E-state index in [-0.39, 0.29) is 17.5 Å². The maximum absolute atomic E-state index is 12.4. The quantitative estimate of drug-likeness (QED) is 0.774. The van der Waals surface area contributed by atoms with E-state index in [1.807, 2.05) is 0 Å². The molecule has 8 nitrogen and oxygen atoms in total. The van der Waals surface area contributed by atoms with Gasteiger partial charge in [-0.3, -0.25) is 4.72 Å². The lowest BCUT2D eigenvalue weighted by molar-refractivity contribution is 0.174. The Bertz CT molecular complexity index is 821. The van der Waals surface area contributed by atoms with Gasteiger partial charge in [0.1, 0.15) is 5.82 Å². The minimum atomic E-state index is -3.79. The van der Waals surface area contributed by atoms with Crippen molar-refractivity contribution in [3.8, 4) is 11.5 Å². The number of nitrogens with one attached hydrogen (secondary N) is 2. The Hall–Kier alpha value is -2.81. The number of anilines is 2. The van der Waals surface area contributed by atoms with Crippen molar-refractivity contribution < 1.29 is 17.9 Å². The van der Waals surface area contributed by atoms with Crippen molar-refractivity contribution in [2.45, 2.75) is 4.90 Å². The summed E-state index contributed by atoms with van der Waals surface area (Å²) in [5, 5.41) is 10.6. The molecule has 0 radical (unpaired) electrons. The van der Waals surface area contributed by atoms with E-state index in [9.17, 15) is 8.42 Å². The average molecular weight is 334 g/mol. The van der Waals surface area contributed by atoms with Crippen LogP contribution in [0, 0.1) is 0 Å². The maximum atomic E-state index is 12.4. The number of fused-ring (bicyclic) bond motifs is 1. The lowest BCUT2D eigenvalue weighted by atomic mass is 10.3. The molecule has 0 unspecified atom stereocenters. The van der Waals surface area contributed by atoms with E-state index in [4.69, 9.17) is 9.47 Å². The number of rotatable bonds is 6. The average Bonchev–Trinajstić information content (AvgIpc) is 3.01. The van der Waals surface area contributed by atoms with Crippen LogP contribution in [0.1, 0.15) is 0 Å². The highest BCUT2D eigenvalue weighted by Gasteiger charge is 2.20. The fourth-order valence-corrected chi connectivity index (χ4v) is 2.91. The van der Waals surface area contributed by atoms with E-state index in [2.05, 4.69) is 26.8 Å². The molecule has 0 aliphatic carbocycles. The molecule has 0 spiro atoms. The first kappa shape index (κ1) is 15.1. The van der Waals surface area contributed by atoms with Crippen LogP contribution in [-0.4, -0.2) is 32.0 Å². The van der Waals surface area contributed by atoms with Crippen LogP contribution < -0.4 is 19.5 Å². The molecule has 1 aliphatic heterocycles. The summed E-state index contributed by atoms with van der Waals surface area (Å²) >= 11 is 0. The lowest BCUT2D eigenvalue weighted by Gasteiger charge is -2.08. The van der Waals surface area contributed by atoms with Crippen LogP contribution in [0.4, 0.5) is 11.6 Å². The molecule has 0 saturated carbocycles. The van der Waals surface area contributed by atoms with Gasteiger partial charge in [-0.25, -0.2) is 8.42 Å². The van der Waals surface area contributed by atoms with Crippen LogP contribution in [0.5, 0.6) is 11.5 Å². The van der Waals surface area contributed by atoms with Crippen molar-refractivity contribution in [3.63, 3.8) is 0 Å². The first-order valence-corrected chi connectivity index (χ1v) is 8.18. The number of hydrogen-bond acceptors (Lipinski definition) is 7. The first-order valence-electron chi connectivity index (χ1n) is 6.69. The third-order valence-corrected chi connectivity index (χ3v) is 4.34. The summed E-state index contributed by atoms with van der Waals surface area (Å²) in [7, 11) is -3.79. The largest absolute Gasteiger partial charge is 0.454 e. The second kappa shape index (κ2) is 6.13. The molecule has 0 fully saturated rings. The Labute approximate surface area is 133 Å². The summed E-state index contributed by atoms with van der Waals surface area (Å²) in [5.74, 6) is 1.55. The summed E-state index contributed by atoms with van der Waals surface area (Å²) < 4.78 is 37.4. The van der Waals surface area contributed by atoms with Gasteiger partial charge in [0.05, 0.1) is 4.90 Å².